The maximum atomic E-state index is 5.80. The van der Waals surface area contributed by atoms with E-state index in [1.54, 1.807) is 11.3 Å². The summed E-state index contributed by atoms with van der Waals surface area (Å²) < 4.78 is 1.07. The second-order valence-corrected chi connectivity index (χ2v) is 6.42. The molecule has 0 saturated carbocycles. The molecule has 2 aromatic rings. The van der Waals surface area contributed by atoms with Gasteiger partial charge in [-0.15, -0.1) is 11.3 Å². The van der Waals surface area contributed by atoms with Crippen molar-refractivity contribution in [3.63, 3.8) is 0 Å². The molecule has 18 heavy (non-hydrogen) atoms. The van der Waals surface area contributed by atoms with Crippen LogP contribution in [-0.4, -0.2) is 4.98 Å². The molecule has 1 heterocycles. The van der Waals surface area contributed by atoms with Gasteiger partial charge in [-0.2, -0.15) is 0 Å². The Balaban J connectivity index is 2.09. The van der Waals surface area contributed by atoms with Gasteiger partial charge in [0.2, 0.25) is 0 Å². The number of hydrogen-bond acceptors (Lipinski definition) is 4. The maximum Gasteiger partial charge on any atom is 0.112 e. The zero-order valence-corrected chi connectivity index (χ0v) is 12.8. The molecule has 96 valence electrons. The molecule has 1 aromatic carbocycles. The van der Waals surface area contributed by atoms with Crippen molar-refractivity contribution in [1.82, 2.24) is 10.3 Å². The van der Waals surface area contributed by atoms with Crippen molar-refractivity contribution >= 4 is 33.0 Å². The number of aromatic nitrogens is 1. The van der Waals surface area contributed by atoms with Gasteiger partial charge < -0.3 is 11.1 Å². The molecule has 0 aliphatic rings. The molecular formula is C13H16BrN3S. The SMILES string of the molecule is CC(C)(NCc1cc(N)ccc1Br)c1nccs1. The number of thiazole rings is 1. The molecule has 5 heteroatoms. The van der Waals surface area contributed by atoms with Gasteiger partial charge in [-0.3, -0.25) is 0 Å². The van der Waals surface area contributed by atoms with Gasteiger partial charge in [-0.05, 0) is 37.6 Å². The molecular weight excluding hydrogens is 310 g/mol. The predicted molar refractivity (Wildman–Crippen MR) is 80.5 cm³/mol. The van der Waals surface area contributed by atoms with Crippen molar-refractivity contribution in [1.29, 1.82) is 0 Å². The summed E-state index contributed by atoms with van der Waals surface area (Å²) in [4.78, 5) is 4.36. The number of nitrogen functional groups attached to an aromatic ring is 1. The van der Waals surface area contributed by atoms with Gasteiger partial charge in [0.1, 0.15) is 5.01 Å². The third-order valence-electron chi connectivity index (χ3n) is 2.76. The number of nitrogens with one attached hydrogen (secondary N) is 1. The quantitative estimate of drug-likeness (QED) is 0.846. The van der Waals surface area contributed by atoms with E-state index in [4.69, 9.17) is 5.73 Å². The van der Waals surface area contributed by atoms with E-state index in [9.17, 15) is 0 Å². The fourth-order valence-electron chi connectivity index (χ4n) is 1.65. The summed E-state index contributed by atoms with van der Waals surface area (Å²) in [5, 5.41) is 6.59. The van der Waals surface area contributed by atoms with E-state index in [1.807, 2.05) is 29.8 Å². The molecule has 2 rings (SSSR count). The molecule has 0 aliphatic heterocycles. The minimum absolute atomic E-state index is 0.141. The zero-order chi connectivity index (χ0) is 13.2. The Bertz CT molecular complexity index is 523. The normalized spacial score (nSPS) is 11.7. The standard InChI is InChI=1S/C13H16BrN3S/c1-13(2,12-16-5-6-18-12)17-8-9-7-10(15)3-4-11(9)14/h3-7,17H,8,15H2,1-2H3. The largest absolute Gasteiger partial charge is 0.399 e. The molecule has 0 spiro atoms. The second-order valence-electron chi connectivity index (χ2n) is 4.67. The highest BCUT2D eigenvalue weighted by molar-refractivity contribution is 9.10. The highest BCUT2D eigenvalue weighted by Gasteiger charge is 2.22. The van der Waals surface area contributed by atoms with Crippen LogP contribution in [0, 0.1) is 0 Å². The fourth-order valence-corrected chi connectivity index (χ4v) is 2.78. The zero-order valence-electron chi connectivity index (χ0n) is 10.4. The van der Waals surface area contributed by atoms with Crippen LogP contribution in [-0.2, 0) is 12.1 Å². The summed E-state index contributed by atoms with van der Waals surface area (Å²) in [6.07, 6.45) is 1.83. The average Bonchev–Trinajstić information content (AvgIpc) is 2.85. The van der Waals surface area contributed by atoms with Crippen molar-refractivity contribution in [2.75, 3.05) is 5.73 Å². The molecule has 3 nitrogen and oxygen atoms in total. The summed E-state index contributed by atoms with van der Waals surface area (Å²) in [7, 11) is 0. The van der Waals surface area contributed by atoms with Crippen molar-refractivity contribution in [3.8, 4) is 0 Å². The molecule has 1 aromatic heterocycles. The molecule has 3 N–H and O–H groups in total. The third-order valence-corrected chi connectivity index (χ3v) is 4.63. The molecule has 0 saturated heterocycles. The first-order chi connectivity index (χ1) is 8.49. The highest BCUT2D eigenvalue weighted by Crippen LogP contribution is 2.24. The first-order valence-electron chi connectivity index (χ1n) is 5.68. The third kappa shape index (κ3) is 3.10. The topological polar surface area (TPSA) is 50.9 Å². The molecule has 0 fully saturated rings. The van der Waals surface area contributed by atoms with Crippen LogP contribution < -0.4 is 11.1 Å². The Hall–Kier alpha value is -0.910. The minimum atomic E-state index is -0.141. The smallest absolute Gasteiger partial charge is 0.112 e. The molecule has 0 unspecified atom stereocenters. The Kier molecular flexibility index (Phi) is 4.04. The summed E-state index contributed by atoms with van der Waals surface area (Å²) in [6, 6.07) is 5.84. The number of rotatable bonds is 4. The lowest BCUT2D eigenvalue weighted by Crippen LogP contribution is -2.35. The number of nitrogens with two attached hydrogens (primary N) is 1. The van der Waals surface area contributed by atoms with E-state index < -0.39 is 0 Å². The van der Waals surface area contributed by atoms with Crippen LogP contribution in [0.15, 0.2) is 34.2 Å². The van der Waals surface area contributed by atoms with Crippen LogP contribution in [0.5, 0.6) is 0 Å². The monoisotopic (exact) mass is 325 g/mol. The number of hydrogen-bond donors (Lipinski definition) is 2. The van der Waals surface area contributed by atoms with Crippen LogP contribution in [0.1, 0.15) is 24.4 Å². The number of nitrogens with zero attached hydrogens (tertiary/aromatic N) is 1. The molecule has 0 bridgehead atoms. The predicted octanol–water partition coefficient (Wildman–Crippen LogP) is 3.51. The molecule has 0 amide bonds. The van der Waals surface area contributed by atoms with E-state index in [0.717, 1.165) is 27.3 Å². The fraction of sp³-hybridized carbons (Fsp3) is 0.308. The number of halogens is 1. The Morgan fingerprint density at radius 1 is 1.44 bits per heavy atom. The van der Waals surface area contributed by atoms with Crippen LogP contribution in [0.4, 0.5) is 5.69 Å². The van der Waals surface area contributed by atoms with Crippen molar-refractivity contribution < 1.29 is 0 Å². The van der Waals surface area contributed by atoms with E-state index in [1.165, 1.54) is 0 Å². The van der Waals surface area contributed by atoms with Crippen LogP contribution >= 0.6 is 27.3 Å². The first-order valence-corrected chi connectivity index (χ1v) is 7.35. The Morgan fingerprint density at radius 3 is 2.89 bits per heavy atom. The summed E-state index contributed by atoms with van der Waals surface area (Å²) in [5.74, 6) is 0. The highest BCUT2D eigenvalue weighted by atomic mass is 79.9. The Morgan fingerprint density at radius 2 is 2.22 bits per heavy atom. The van der Waals surface area contributed by atoms with E-state index >= 15 is 0 Å². The van der Waals surface area contributed by atoms with Crippen LogP contribution in [0.2, 0.25) is 0 Å². The average molecular weight is 326 g/mol. The van der Waals surface area contributed by atoms with Gasteiger partial charge in [0, 0.05) is 28.3 Å². The molecule has 0 atom stereocenters. The summed E-state index contributed by atoms with van der Waals surface area (Å²) in [6.45, 7) is 5.01. The van der Waals surface area contributed by atoms with Gasteiger partial charge in [-0.25, -0.2) is 4.98 Å². The second kappa shape index (κ2) is 5.38. The van der Waals surface area contributed by atoms with Crippen LogP contribution in [0.3, 0.4) is 0 Å². The maximum absolute atomic E-state index is 5.80. The molecule has 0 aliphatic carbocycles. The Labute approximate surface area is 120 Å². The minimum Gasteiger partial charge on any atom is -0.399 e. The number of anilines is 1. The van der Waals surface area contributed by atoms with Gasteiger partial charge in [-0.1, -0.05) is 15.9 Å². The van der Waals surface area contributed by atoms with Gasteiger partial charge >= 0.3 is 0 Å². The van der Waals surface area contributed by atoms with E-state index in [-0.39, 0.29) is 5.54 Å². The van der Waals surface area contributed by atoms with Crippen molar-refractivity contribution in [2.24, 2.45) is 0 Å². The molecule has 0 radical (unpaired) electrons. The lowest BCUT2D eigenvalue weighted by atomic mass is 10.1. The van der Waals surface area contributed by atoms with Crippen LogP contribution in [0.25, 0.3) is 0 Å². The van der Waals surface area contributed by atoms with Gasteiger partial charge in [0.15, 0.2) is 0 Å². The first kappa shape index (κ1) is 13.5. The summed E-state index contributed by atoms with van der Waals surface area (Å²) in [5.41, 5.74) is 7.59. The van der Waals surface area contributed by atoms with Gasteiger partial charge in [0.05, 0.1) is 5.54 Å². The van der Waals surface area contributed by atoms with E-state index in [0.29, 0.717) is 0 Å². The van der Waals surface area contributed by atoms with Crippen molar-refractivity contribution in [2.45, 2.75) is 25.9 Å². The van der Waals surface area contributed by atoms with E-state index in [2.05, 4.69) is 40.1 Å². The number of benzene rings is 1. The lowest BCUT2D eigenvalue weighted by molar-refractivity contribution is 0.399. The van der Waals surface area contributed by atoms with Crippen molar-refractivity contribution in [3.05, 3.63) is 44.8 Å². The van der Waals surface area contributed by atoms with Gasteiger partial charge in [0.25, 0.3) is 0 Å². The lowest BCUT2D eigenvalue weighted by Gasteiger charge is -2.24. The summed E-state index contributed by atoms with van der Waals surface area (Å²) >= 11 is 5.20.